The van der Waals surface area contributed by atoms with Gasteiger partial charge in [0, 0.05) is 0 Å². The van der Waals surface area contributed by atoms with E-state index in [4.69, 9.17) is 5.11 Å². The van der Waals surface area contributed by atoms with Gasteiger partial charge in [-0.25, -0.2) is 9.18 Å². The molecular weight excluding hydrogens is 276 g/mol. The molecule has 2 aromatic rings. The van der Waals surface area contributed by atoms with Gasteiger partial charge >= 0.3 is 12.1 Å². The van der Waals surface area contributed by atoms with Crippen molar-refractivity contribution in [2.45, 2.75) is 6.18 Å². The van der Waals surface area contributed by atoms with Crippen molar-refractivity contribution in [1.29, 1.82) is 0 Å². The fourth-order valence-corrected chi connectivity index (χ4v) is 1.78. The van der Waals surface area contributed by atoms with Crippen LogP contribution in [0.15, 0.2) is 42.5 Å². The predicted molar refractivity (Wildman–Crippen MR) is 63.8 cm³/mol. The Morgan fingerprint density at radius 1 is 1.00 bits per heavy atom. The molecule has 0 amide bonds. The summed E-state index contributed by atoms with van der Waals surface area (Å²) in [5.74, 6) is -3.52. The van der Waals surface area contributed by atoms with Crippen LogP contribution < -0.4 is 0 Å². The third-order valence-corrected chi connectivity index (χ3v) is 2.72. The highest BCUT2D eigenvalue weighted by Gasteiger charge is 2.36. The normalized spacial score (nSPS) is 11.4. The second-order valence-electron chi connectivity index (χ2n) is 4.05. The van der Waals surface area contributed by atoms with Gasteiger partial charge in [-0.3, -0.25) is 0 Å². The number of halogens is 4. The van der Waals surface area contributed by atoms with Gasteiger partial charge in [-0.1, -0.05) is 30.3 Å². The quantitative estimate of drug-likeness (QED) is 0.839. The zero-order valence-corrected chi connectivity index (χ0v) is 9.91. The summed E-state index contributed by atoms with van der Waals surface area (Å²) >= 11 is 0. The van der Waals surface area contributed by atoms with E-state index in [-0.39, 0.29) is 5.56 Å². The minimum Gasteiger partial charge on any atom is -0.478 e. The van der Waals surface area contributed by atoms with Crippen LogP contribution in [0.25, 0.3) is 11.1 Å². The summed E-state index contributed by atoms with van der Waals surface area (Å²) in [6.45, 7) is 0. The van der Waals surface area contributed by atoms with E-state index in [1.54, 1.807) is 18.2 Å². The Hall–Kier alpha value is -2.37. The molecule has 0 atom stereocenters. The van der Waals surface area contributed by atoms with E-state index in [2.05, 4.69) is 0 Å². The fraction of sp³-hybridized carbons (Fsp3) is 0.0714. The van der Waals surface area contributed by atoms with Gasteiger partial charge in [0.1, 0.15) is 5.82 Å². The molecule has 0 saturated heterocycles. The van der Waals surface area contributed by atoms with Crippen LogP contribution in [0.2, 0.25) is 0 Å². The summed E-state index contributed by atoms with van der Waals surface area (Å²) in [5.41, 5.74) is -2.22. The molecule has 1 N–H and O–H groups in total. The van der Waals surface area contributed by atoms with Gasteiger partial charge in [-0.15, -0.1) is 0 Å². The van der Waals surface area contributed by atoms with Crippen LogP contribution >= 0.6 is 0 Å². The highest BCUT2D eigenvalue weighted by Crippen LogP contribution is 2.36. The number of benzene rings is 2. The Kier molecular flexibility index (Phi) is 3.48. The molecule has 6 heteroatoms. The lowest BCUT2D eigenvalue weighted by Crippen LogP contribution is -2.13. The number of carboxylic acids is 1. The van der Waals surface area contributed by atoms with E-state index in [1.807, 2.05) is 0 Å². The average molecular weight is 284 g/mol. The van der Waals surface area contributed by atoms with Crippen molar-refractivity contribution >= 4 is 5.97 Å². The Morgan fingerprint density at radius 2 is 1.60 bits per heavy atom. The Labute approximate surface area is 111 Å². The lowest BCUT2D eigenvalue weighted by molar-refractivity contribution is -0.140. The molecule has 0 aliphatic heterocycles. The Morgan fingerprint density at radius 3 is 2.10 bits per heavy atom. The van der Waals surface area contributed by atoms with Gasteiger partial charge in [0.15, 0.2) is 0 Å². The number of hydrogen-bond donors (Lipinski definition) is 1. The van der Waals surface area contributed by atoms with Crippen LogP contribution in [0, 0.1) is 5.82 Å². The van der Waals surface area contributed by atoms with E-state index in [1.165, 1.54) is 12.1 Å². The maximum Gasteiger partial charge on any atom is 0.419 e. The van der Waals surface area contributed by atoms with Crippen LogP contribution in [0.3, 0.4) is 0 Å². The fourth-order valence-electron chi connectivity index (χ4n) is 1.78. The third kappa shape index (κ3) is 2.64. The summed E-state index contributed by atoms with van der Waals surface area (Å²) < 4.78 is 51.9. The van der Waals surface area contributed by atoms with Crippen LogP contribution in [-0.4, -0.2) is 11.1 Å². The van der Waals surface area contributed by atoms with Crippen LogP contribution in [0.4, 0.5) is 17.6 Å². The number of alkyl halides is 3. The highest BCUT2D eigenvalue weighted by molar-refractivity contribution is 5.90. The molecule has 0 unspecified atom stereocenters. The van der Waals surface area contributed by atoms with Crippen molar-refractivity contribution in [2.24, 2.45) is 0 Å². The second kappa shape index (κ2) is 4.96. The molecule has 104 valence electrons. The smallest absolute Gasteiger partial charge is 0.419 e. The van der Waals surface area contributed by atoms with Gasteiger partial charge in [0.25, 0.3) is 0 Å². The average Bonchev–Trinajstić information content (AvgIpc) is 2.38. The van der Waals surface area contributed by atoms with Gasteiger partial charge in [-0.05, 0) is 23.3 Å². The molecule has 0 fully saturated rings. The summed E-state index contributed by atoms with van der Waals surface area (Å²) in [6.07, 6.45) is -4.96. The predicted octanol–water partition coefficient (Wildman–Crippen LogP) is 4.21. The molecule has 0 radical (unpaired) electrons. The van der Waals surface area contributed by atoms with Crippen molar-refractivity contribution in [1.82, 2.24) is 0 Å². The Balaban J connectivity index is 2.72. The SMILES string of the molecule is O=C(O)c1cc(-c2ccccc2)cc(C(F)(F)F)c1F. The standard InChI is InChI=1S/C14H8F4O2/c15-12-10(13(19)20)6-9(7-11(12)14(16,17)18)8-4-2-1-3-5-8/h1-7H,(H,19,20). The number of carboxylic acid groups (broad SMARTS) is 1. The second-order valence-corrected chi connectivity index (χ2v) is 4.05. The first-order chi connectivity index (χ1) is 9.30. The largest absolute Gasteiger partial charge is 0.478 e. The van der Waals surface area contributed by atoms with E-state index in [0.29, 0.717) is 11.6 Å². The first kappa shape index (κ1) is 14.0. The molecule has 0 aliphatic carbocycles. The van der Waals surface area contributed by atoms with Crippen LogP contribution in [0.1, 0.15) is 15.9 Å². The molecule has 0 aromatic heterocycles. The van der Waals surface area contributed by atoms with Gasteiger partial charge in [0.2, 0.25) is 0 Å². The maximum absolute atomic E-state index is 13.6. The van der Waals surface area contributed by atoms with Gasteiger partial charge < -0.3 is 5.11 Å². The first-order valence-electron chi connectivity index (χ1n) is 5.50. The molecule has 0 bridgehead atoms. The van der Waals surface area contributed by atoms with Gasteiger partial charge in [-0.2, -0.15) is 13.2 Å². The van der Waals surface area contributed by atoms with Crippen LogP contribution in [-0.2, 0) is 6.18 Å². The molecule has 20 heavy (non-hydrogen) atoms. The number of aromatic carboxylic acids is 1. The minimum absolute atomic E-state index is 0.00303. The summed E-state index contributed by atoms with van der Waals surface area (Å²) in [6, 6.07) is 9.37. The van der Waals surface area contributed by atoms with E-state index < -0.39 is 29.1 Å². The lowest BCUT2D eigenvalue weighted by atomic mass is 9.99. The maximum atomic E-state index is 13.6. The van der Waals surface area contributed by atoms with E-state index in [9.17, 15) is 22.4 Å². The van der Waals surface area contributed by atoms with Crippen molar-refractivity contribution in [3.63, 3.8) is 0 Å². The lowest BCUT2D eigenvalue weighted by Gasteiger charge is -2.12. The van der Waals surface area contributed by atoms with E-state index >= 15 is 0 Å². The van der Waals surface area contributed by atoms with Crippen molar-refractivity contribution in [3.05, 3.63) is 59.4 Å². The summed E-state index contributed by atoms with van der Waals surface area (Å²) in [7, 11) is 0. The molecule has 2 rings (SSSR count). The molecule has 2 aromatic carbocycles. The molecule has 0 spiro atoms. The number of carbonyl (C=O) groups is 1. The number of hydrogen-bond acceptors (Lipinski definition) is 1. The number of rotatable bonds is 2. The molecule has 2 nitrogen and oxygen atoms in total. The third-order valence-electron chi connectivity index (χ3n) is 2.72. The van der Waals surface area contributed by atoms with E-state index in [0.717, 1.165) is 6.07 Å². The monoisotopic (exact) mass is 284 g/mol. The first-order valence-corrected chi connectivity index (χ1v) is 5.50. The van der Waals surface area contributed by atoms with Crippen molar-refractivity contribution in [2.75, 3.05) is 0 Å². The zero-order valence-electron chi connectivity index (χ0n) is 9.91. The highest BCUT2D eigenvalue weighted by atomic mass is 19.4. The van der Waals surface area contributed by atoms with Crippen molar-refractivity contribution in [3.8, 4) is 11.1 Å². The molecule has 0 saturated carbocycles. The molecular formula is C14H8F4O2. The van der Waals surface area contributed by atoms with Crippen LogP contribution in [0.5, 0.6) is 0 Å². The molecule has 0 heterocycles. The minimum atomic E-state index is -4.96. The van der Waals surface area contributed by atoms with Crippen molar-refractivity contribution < 1.29 is 27.5 Å². The van der Waals surface area contributed by atoms with Gasteiger partial charge in [0.05, 0.1) is 11.1 Å². The molecule has 0 aliphatic rings. The Bertz CT molecular complexity index is 648. The topological polar surface area (TPSA) is 37.3 Å². The summed E-state index contributed by atoms with van der Waals surface area (Å²) in [5, 5.41) is 8.82. The zero-order chi connectivity index (χ0) is 14.9. The summed E-state index contributed by atoms with van der Waals surface area (Å²) in [4.78, 5) is 10.9.